The topological polar surface area (TPSA) is 26.3 Å². The van der Waals surface area contributed by atoms with Gasteiger partial charge in [0, 0.05) is 32.7 Å². The third kappa shape index (κ3) is 3.20. The minimum Gasteiger partial charge on any atom is -0.456 e. The van der Waals surface area contributed by atoms with Crippen LogP contribution < -0.4 is 0 Å². The van der Waals surface area contributed by atoms with Crippen molar-refractivity contribution in [1.29, 1.82) is 0 Å². The number of rotatable bonds is 2. The van der Waals surface area contributed by atoms with Crippen molar-refractivity contribution in [2.45, 2.75) is 0 Å². The highest BCUT2D eigenvalue weighted by molar-refractivity contribution is 6.32. The van der Waals surface area contributed by atoms with Gasteiger partial charge in [0.2, 0.25) is 0 Å². The number of benzene rings is 8. The molecule has 0 N–H and O–H groups in total. The maximum atomic E-state index is 6.94. The lowest BCUT2D eigenvalue weighted by Crippen LogP contribution is -1.91. The van der Waals surface area contributed by atoms with Crippen LogP contribution in [-0.4, -0.2) is 0 Å². The smallest absolute Gasteiger partial charge is 0.144 e. The molecule has 8 aromatic carbocycles. The first-order valence-electron chi connectivity index (χ1n) is 15.0. The van der Waals surface area contributed by atoms with Crippen molar-refractivity contribution in [3.63, 3.8) is 0 Å². The summed E-state index contributed by atoms with van der Waals surface area (Å²) < 4.78 is 13.5. The van der Waals surface area contributed by atoms with Gasteiger partial charge in [-0.1, -0.05) is 121 Å². The van der Waals surface area contributed by atoms with Crippen molar-refractivity contribution < 1.29 is 8.83 Å². The molecule has 0 bridgehead atoms. The van der Waals surface area contributed by atoms with E-state index in [1.165, 1.54) is 38.1 Å². The van der Waals surface area contributed by atoms with Crippen LogP contribution in [0.2, 0.25) is 0 Å². The van der Waals surface area contributed by atoms with Crippen LogP contribution in [0.3, 0.4) is 0 Å². The number of para-hydroxylation sites is 1. The monoisotopic (exact) mass is 560 g/mol. The Hall–Kier alpha value is -5.86. The summed E-state index contributed by atoms with van der Waals surface area (Å²) >= 11 is 0. The molecule has 2 heterocycles. The highest BCUT2D eigenvalue weighted by Gasteiger charge is 2.24. The van der Waals surface area contributed by atoms with Crippen LogP contribution in [0.25, 0.3) is 98.4 Å². The highest BCUT2D eigenvalue weighted by Crippen LogP contribution is 2.50. The lowest BCUT2D eigenvalue weighted by atomic mass is 9.85. The van der Waals surface area contributed by atoms with Crippen molar-refractivity contribution >= 4 is 76.2 Å². The summed E-state index contributed by atoms with van der Waals surface area (Å²) in [6, 6.07) is 51.7. The molecule has 0 aliphatic heterocycles. The summed E-state index contributed by atoms with van der Waals surface area (Å²) in [6.45, 7) is 0. The fraction of sp³-hybridized carbons (Fsp3) is 0. The van der Waals surface area contributed by atoms with Gasteiger partial charge in [-0.15, -0.1) is 0 Å². The molecule has 0 aliphatic rings. The molecule has 10 aromatic rings. The number of hydrogen-bond acceptors (Lipinski definition) is 2. The average molecular weight is 561 g/mol. The summed E-state index contributed by atoms with van der Waals surface area (Å²) in [7, 11) is 0. The second-order valence-electron chi connectivity index (χ2n) is 11.6. The summed E-state index contributed by atoms with van der Waals surface area (Å²) in [5.74, 6) is 0. The summed E-state index contributed by atoms with van der Waals surface area (Å²) in [4.78, 5) is 0. The van der Waals surface area contributed by atoms with Gasteiger partial charge in [-0.2, -0.15) is 0 Å². The standard InChI is InChI=1S/C42H24O2/c1-2-12-25(13-3-1)38-28-16-6-8-18-30(28)39(31-19-9-7-17-29(31)38)34-24-37-40(32-20-10-11-21-35(32)43-37)41-33-22-26-14-4-5-15-27(26)23-36(33)44-42(34)41/h1-24H. The Morgan fingerprint density at radius 1 is 0.341 bits per heavy atom. The number of furan rings is 2. The van der Waals surface area contributed by atoms with E-state index in [2.05, 4.69) is 140 Å². The zero-order valence-electron chi connectivity index (χ0n) is 23.7. The van der Waals surface area contributed by atoms with Gasteiger partial charge >= 0.3 is 0 Å². The Balaban J connectivity index is 1.45. The molecule has 44 heavy (non-hydrogen) atoms. The first-order chi connectivity index (χ1) is 21.8. The van der Waals surface area contributed by atoms with Crippen LogP contribution in [0.1, 0.15) is 0 Å². The number of hydrogen-bond donors (Lipinski definition) is 0. The largest absolute Gasteiger partial charge is 0.456 e. The second-order valence-corrected chi connectivity index (χ2v) is 11.6. The van der Waals surface area contributed by atoms with E-state index >= 15 is 0 Å². The van der Waals surface area contributed by atoms with Crippen LogP contribution in [0, 0.1) is 0 Å². The van der Waals surface area contributed by atoms with Gasteiger partial charge < -0.3 is 8.83 Å². The maximum absolute atomic E-state index is 6.94. The van der Waals surface area contributed by atoms with Gasteiger partial charge in [-0.05, 0) is 67.7 Å². The molecule has 0 unspecified atom stereocenters. The van der Waals surface area contributed by atoms with E-state index in [9.17, 15) is 0 Å². The SMILES string of the molecule is c1ccc(-c2c3ccccc3c(-c3cc4oc5ccccc5c4c4c3oc3cc5ccccc5cc34)c3ccccc23)cc1. The fourth-order valence-electron chi connectivity index (χ4n) is 7.36. The molecule has 2 heteroatoms. The molecule has 204 valence electrons. The third-order valence-electron chi connectivity index (χ3n) is 9.21. The van der Waals surface area contributed by atoms with Crippen LogP contribution in [0.15, 0.2) is 154 Å². The molecule has 0 fully saturated rings. The Labute approximate surface area is 252 Å². The van der Waals surface area contributed by atoms with E-state index < -0.39 is 0 Å². The normalized spacial score (nSPS) is 12.1. The van der Waals surface area contributed by atoms with Gasteiger partial charge in [-0.25, -0.2) is 0 Å². The van der Waals surface area contributed by atoms with Crippen molar-refractivity contribution in [2.24, 2.45) is 0 Å². The molecule has 0 spiro atoms. The zero-order valence-corrected chi connectivity index (χ0v) is 23.7. The van der Waals surface area contributed by atoms with Gasteiger partial charge in [0.05, 0.1) is 0 Å². The predicted molar refractivity (Wildman–Crippen MR) is 184 cm³/mol. The Bertz CT molecular complexity index is 2700. The quantitative estimate of drug-likeness (QED) is 0.197. The molecule has 0 saturated heterocycles. The molecule has 0 amide bonds. The van der Waals surface area contributed by atoms with Gasteiger partial charge in [-0.3, -0.25) is 0 Å². The van der Waals surface area contributed by atoms with E-state index in [1.54, 1.807) is 0 Å². The summed E-state index contributed by atoms with van der Waals surface area (Å²) in [5, 5.41) is 11.6. The van der Waals surface area contributed by atoms with Crippen molar-refractivity contribution in [3.05, 3.63) is 146 Å². The molecule has 0 saturated carbocycles. The average Bonchev–Trinajstić information content (AvgIpc) is 3.64. The minimum atomic E-state index is 0.866. The van der Waals surface area contributed by atoms with E-state index in [1.807, 2.05) is 6.07 Å². The van der Waals surface area contributed by atoms with Gasteiger partial charge in [0.15, 0.2) is 0 Å². The number of fused-ring (bicyclic) bond motifs is 10. The van der Waals surface area contributed by atoms with E-state index in [0.717, 1.165) is 60.4 Å². The molecule has 2 aromatic heterocycles. The Morgan fingerprint density at radius 3 is 1.61 bits per heavy atom. The molecular weight excluding hydrogens is 536 g/mol. The molecular formula is C42H24O2. The van der Waals surface area contributed by atoms with E-state index in [-0.39, 0.29) is 0 Å². The second kappa shape index (κ2) is 8.82. The summed E-state index contributed by atoms with van der Waals surface area (Å²) in [5.41, 5.74) is 8.17. The molecule has 0 radical (unpaired) electrons. The first-order valence-corrected chi connectivity index (χ1v) is 15.0. The molecule has 0 atom stereocenters. The fourth-order valence-corrected chi connectivity index (χ4v) is 7.36. The Morgan fingerprint density at radius 2 is 0.909 bits per heavy atom. The molecule has 2 nitrogen and oxygen atoms in total. The maximum Gasteiger partial charge on any atom is 0.144 e. The van der Waals surface area contributed by atoms with Crippen molar-refractivity contribution in [3.8, 4) is 22.3 Å². The Kier molecular flexibility index (Phi) is 4.75. The highest BCUT2D eigenvalue weighted by atomic mass is 16.3. The minimum absolute atomic E-state index is 0.866. The predicted octanol–water partition coefficient (Wildman–Crippen LogP) is 12.3. The lowest BCUT2D eigenvalue weighted by Gasteiger charge is -2.18. The first kappa shape index (κ1) is 23.7. The van der Waals surface area contributed by atoms with Crippen molar-refractivity contribution in [2.75, 3.05) is 0 Å². The van der Waals surface area contributed by atoms with Crippen LogP contribution in [0.5, 0.6) is 0 Å². The summed E-state index contributed by atoms with van der Waals surface area (Å²) in [6.07, 6.45) is 0. The van der Waals surface area contributed by atoms with Crippen molar-refractivity contribution in [1.82, 2.24) is 0 Å². The van der Waals surface area contributed by atoms with Gasteiger partial charge in [0.25, 0.3) is 0 Å². The van der Waals surface area contributed by atoms with Gasteiger partial charge in [0.1, 0.15) is 22.3 Å². The molecule has 10 rings (SSSR count). The lowest BCUT2D eigenvalue weighted by molar-refractivity contribution is 0.664. The molecule has 0 aliphatic carbocycles. The third-order valence-corrected chi connectivity index (χ3v) is 9.21. The zero-order chi connectivity index (χ0) is 28.8. The van der Waals surface area contributed by atoms with Crippen LogP contribution in [-0.2, 0) is 0 Å². The van der Waals surface area contributed by atoms with E-state index in [0.29, 0.717) is 0 Å². The van der Waals surface area contributed by atoms with Crippen LogP contribution >= 0.6 is 0 Å². The van der Waals surface area contributed by atoms with E-state index in [4.69, 9.17) is 8.83 Å². The van der Waals surface area contributed by atoms with Crippen LogP contribution in [0.4, 0.5) is 0 Å².